The molecule has 8 heteroatoms. The topological polar surface area (TPSA) is 77.8 Å². The highest BCUT2D eigenvalue weighted by Crippen LogP contribution is 2.25. The van der Waals surface area contributed by atoms with Crippen LogP contribution in [-0.4, -0.2) is 21.9 Å². The molecule has 2 rings (SSSR count). The zero-order chi connectivity index (χ0) is 14.5. The molecule has 0 bridgehead atoms. The van der Waals surface area contributed by atoms with E-state index in [2.05, 4.69) is 15.5 Å². The average Bonchev–Trinajstić information content (AvgIpc) is 2.80. The SMILES string of the molecule is O=C(CSCc1cc(=O)[nH][nH]1)Nc1ccc(Cl)c(Cl)c1. The molecular formula is C12H11Cl2N3O2S. The number of halogens is 2. The molecule has 1 aromatic heterocycles. The highest BCUT2D eigenvalue weighted by Gasteiger charge is 2.05. The van der Waals surface area contributed by atoms with Crippen molar-refractivity contribution in [1.82, 2.24) is 10.2 Å². The summed E-state index contributed by atoms with van der Waals surface area (Å²) in [6.45, 7) is 0. The first-order valence-corrected chi connectivity index (χ1v) is 7.55. The predicted molar refractivity (Wildman–Crippen MR) is 82.7 cm³/mol. The molecule has 0 aliphatic rings. The lowest BCUT2D eigenvalue weighted by Gasteiger charge is -2.06. The molecule has 0 spiro atoms. The lowest BCUT2D eigenvalue weighted by atomic mass is 10.3. The molecule has 0 unspecified atom stereocenters. The van der Waals surface area contributed by atoms with Gasteiger partial charge in [0.15, 0.2) is 0 Å². The third-order valence-corrected chi connectivity index (χ3v) is 4.07. The van der Waals surface area contributed by atoms with Crippen LogP contribution < -0.4 is 10.9 Å². The van der Waals surface area contributed by atoms with Crippen molar-refractivity contribution in [1.29, 1.82) is 0 Å². The number of benzene rings is 1. The van der Waals surface area contributed by atoms with Crippen molar-refractivity contribution in [2.24, 2.45) is 0 Å². The van der Waals surface area contributed by atoms with Gasteiger partial charge in [0.25, 0.3) is 5.56 Å². The number of carbonyl (C=O) groups is 1. The number of hydrogen-bond donors (Lipinski definition) is 3. The molecule has 20 heavy (non-hydrogen) atoms. The second-order valence-electron chi connectivity index (χ2n) is 3.95. The van der Waals surface area contributed by atoms with E-state index in [4.69, 9.17) is 23.2 Å². The van der Waals surface area contributed by atoms with Crippen LogP contribution >= 0.6 is 35.0 Å². The number of thioether (sulfide) groups is 1. The van der Waals surface area contributed by atoms with E-state index in [9.17, 15) is 9.59 Å². The second-order valence-corrected chi connectivity index (χ2v) is 5.75. The molecule has 1 heterocycles. The Kier molecular flexibility index (Phi) is 5.17. The van der Waals surface area contributed by atoms with Gasteiger partial charge in [-0.1, -0.05) is 23.2 Å². The molecule has 0 fully saturated rings. The number of carbonyl (C=O) groups excluding carboxylic acids is 1. The van der Waals surface area contributed by atoms with Crippen molar-refractivity contribution in [3.63, 3.8) is 0 Å². The number of aromatic nitrogens is 2. The Morgan fingerprint density at radius 2 is 2.00 bits per heavy atom. The fourth-order valence-corrected chi connectivity index (χ4v) is 2.51. The zero-order valence-electron chi connectivity index (χ0n) is 10.2. The normalized spacial score (nSPS) is 10.5. The summed E-state index contributed by atoms with van der Waals surface area (Å²) in [4.78, 5) is 22.6. The molecule has 3 N–H and O–H groups in total. The minimum absolute atomic E-state index is 0.147. The summed E-state index contributed by atoms with van der Waals surface area (Å²) in [5.41, 5.74) is 1.17. The van der Waals surface area contributed by atoms with Gasteiger partial charge in [-0.25, -0.2) is 0 Å². The Bertz CT molecular complexity index is 669. The van der Waals surface area contributed by atoms with Gasteiger partial charge >= 0.3 is 0 Å². The van der Waals surface area contributed by atoms with Gasteiger partial charge in [-0.2, -0.15) is 0 Å². The van der Waals surface area contributed by atoms with Gasteiger partial charge in [-0.3, -0.25) is 14.7 Å². The maximum absolute atomic E-state index is 11.7. The molecule has 0 saturated carbocycles. The van der Waals surface area contributed by atoms with E-state index in [0.29, 0.717) is 21.5 Å². The standard InChI is InChI=1S/C12H11Cl2N3O2S/c13-9-2-1-7(3-10(9)14)15-12(19)6-20-5-8-4-11(18)17-16-8/h1-4H,5-6H2,(H,15,19)(H2,16,17,18). The smallest absolute Gasteiger partial charge is 0.264 e. The van der Waals surface area contributed by atoms with Gasteiger partial charge in [0.1, 0.15) is 0 Å². The summed E-state index contributed by atoms with van der Waals surface area (Å²) in [6, 6.07) is 6.36. The lowest BCUT2D eigenvalue weighted by molar-refractivity contribution is -0.113. The molecule has 1 aromatic carbocycles. The summed E-state index contributed by atoms with van der Waals surface area (Å²) in [5, 5.41) is 8.71. The number of aromatic amines is 2. The summed E-state index contributed by atoms with van der Waals surface area (Å²) < 4.78 is 0. The summed E-state index contributed by atoms with van der Waals surface area (Å²) in [6.07, 6.45) is 0. The first-order chi connectivity index (χ1) is 9.54. The maximum atomic E-state index is 11.7. The molecule has 0 atom stereocenters. The van der Waals surface area contributed by atoms with Gasteiger partial charge in [-0.15, -0.1) is 11.8 Å². The van der Waals surface area contributed by atoms with E-state index in [-0.39, 0.29) is 17.2 Å². The molecule has 2 aromatic rings. The quantitative estimate of drug-likeness (QED) is 0.788. The zero-order valence-corrected chi connectivity index (χ0v) is 12.5. The van der Waals surface area contributed by atoms with E-state index < -0.39 is 0 Å². The molecule has 0 aliphatic carbocycles. The second kappa shape index (κ2) is 6.88. The van der Waals surface area contributed by atoms with E-state index in [1.54, 1.807) is 18.2 Å². The predicted octanol–water partition coefficient (Wildman–Crippen LogP) is 2.88. The van der Waals surface area contributed by atoms with Crippen molar-refractivity contribution in [3.8, 4) is 0 Å². The third-order valence-electron chi connectivity index (χ3n) is 2.35. The van der Waals surface area contributed by atoms with Crippen molar-refractivity contribution >= 4 is 46.6 Å². The van der Waals surface area contributed by atoms with Crippen LogP contribution in [0.2, 0.25) is 10.0 Å². The number of anilines is 1. The Labute approximate surface area is 129 Å². The largest absolute Gasteiger partial charge is 0.325 e. The summed E-state index contributed by atoms with van der Waals surface area (Å²) in [5.74, 6) is 0.673. The van der Waals surface area contributed by atoms with Crippen LogP contribution in [0, 0.1) is 0 Å². The highest BCUT2D eigenvalue weighted by atomic mass is 35.5. The minimum Gasteiger partial charge on any atom is -0.325 e. The Balaban J connectivity index is 1.80. The van der Waals surface area contributed by atoms with Gasteiger partial charge in [-0.05, 0) is 18.2 Å². The fraction of sp³-hybridized carbons (Fsp3) is 0.167. The van der Waals surface area contributed by atoms with Gasteiger partial charge in [0, 0.05) is 23.2 Å². The Morgan fingerprint density at radius 3 is 2.65 bits per heavy atom. The molecule has 0 saturated heterocycles. The van der Waals surface area contributed by atoms with Crippen LogP contribution in [0.4, 0.5) is 5.69 Å². The number of nitrogens with one attached hydrogen (secondary N) is 3. The van der Waals surface area contributed by atoms with E-state index >= 15 is 0 Å². The minimum atomic E-state index is -0.180. The van der Waals surface area contributed by atoms with Crippen LogP contribution in [-0.2, 0) is 10.5 Å². The summed E-state index contributed by atoms with van der Waals surface area (Å²) in [7, 11) is 0. The fourth-order valence-electron chi connectivity index (χ4n) is 1.47. The Hall–Kier alpha value is -1.37. The van der Waals surface area contributed by atoms with E-state index in [1.807, 2.05) is 0 Å². The van der Waals surface area contributed by atoms with E-state index in [0.717, 1.165) is 5.69 Å². The van der Waals surface area contributed by atoms with Crippen LogP contribution in [0.25, 0.3) is 0 Å². The molecule has 0 radical (unpaired) electrons. The number of amides is 1. The monoisotopic (exact) mass is 331 g/mol. The van der Waals surface area contributed by atoms with Crippen LogP contribution in [0.15, 0.2) is 29.1 Å². The van der Waals surface area contributed by atoms with Gasteiger partial charge in [0.05, 0.1) is 15.8 Å². The van der Waals surface area contributed by atoms with E-state index in [1.165, 1.54) is 17.8 Å². The van der Waals surface area contributed by atoms with Crippen LogP contribution in [0.1, 0.15) is 5.69 Å². The number of H-pyrrole nitrogens is 2. The average molecular weight is 332 g/mol. The van der Waals surface area contributed by atoms with Crippen molar-refractivity contribution in [2.75, 3.05) is 11.1 Å². The maximum Gasteiger partial charge on any atom is 0.264 e. The number of rotatable bonds is 5. The molecular weight excluding hydrogens is 321 g/mol. The number of hydrogen-bond acceptors (Lipinski definition) is 3. The third kappa shape index (κ3) is 4.33. The van der Waals surface area contributed by atoms with Gasteiger partial charge in [0.2, 0.25) is 5.91 Å². The summed E-state index contributed by atoms with van der Waals surface area (Å²) >= 11 is 13.0. The Morgan fingerprint density at radius 1 is 1.20 bits per heavy atom. The molecule has 5 nitrogen and oxygen atoms in total. The van der Waals surface area contributed by atoms with Crippen LogP contribution in [0.5, 0.6) is 0 Å². The van der Waals surface area contributed by atoms with Gasteiger partial charge < -0.3 is 10.4 Å². The molecule has 1 amide bonds. The lowest BCUT2D eigenvalue weighted by Crippen LogP contribution is -2.14. The first kappa shape index (κ1) is 15.0. The van der Waals surface area contributed by atoms with Crippen molar-refractivity contribution < 1.29 is 4.79 Å². The van der Waals surface area contributed by atoms with Crippen molar-refractivity contribution in [2.45, 2.75) is 5.75 Å². The first-order valence-electron chi connectivity index (χ1n) is 5.64. The molecule has 0 aliphatic heterocycles. The molecule has 106 valence electrons. The van der Waals surface area contributed by atoms with Crippen LogP contribution in [0.3, 0.4) is 0 Å². The highest BCUT2D eigenvalue weighted by molar-refractivity contribution is 7.99. The van der Waals surface area contributed by atoms with Crippen molar-refractivity contribution in [3.05, 3.63) is 50.4 Å².